The summed E-state index contributed by atoms with van der Waals surface area (Å²) in [6, 6.07) is 8.56. The fraction of sp³-hybridized carbons (Fsp3) is 0.435. The van der Waals surface area contributed by atoms with Gasteiger partial charge in [0.1, 0.15) is 5.56 Å². The molecule has 0 unspecified atom stereocenters. The molecule has 3 rings (SSSR count). The van der Waals surface area contributed by atoms with Crippen LogP contribution in [0.5, 0.6) is 0 Å². The Labute approximate surface area is 171 Å². The largest absolute Gasteiger partial charge is 0.478 e. The van der Waals surface area contributed by atoms with Crippen molar-refractivity contribution in [2.24, 2.45) is 0 Å². The first-order valence-corrected chi connectivity index (χ1v) is 10.2. The van der Waals surface area contributed by atoms with Crippen LogP contribution < -0.4 is 0 Å². The van der Waals surface area contributed by atoms with E-state index in [9.17, 15) is 14.7 Å². The van der Waals surface area contributed by atoms with Gasteiger partial charge in [-0.2, -0.15) is 5.10 Å². The van der Waals surface area contributed by atoms with Crippen LogP contribution in [0.1, 0.15) is 72.2 Å². The summed E-state index contributed by atoms with van der Waals surface area (Å²) in [5, 5.41) is 13.4. The van der Waals surface area contributed by atoms with Crippen molar-refractivity contribution in [3.05, 3.63) is 58.9 Å². The molecule has 2 aromatic rings. The molecule has 2 heterocycles. The second-order valence-electron chi connectivity index (χ2n) is 7.93. The highest BCUT2D eigenvalue weighted by atomic mass is 16.4. The molecule has 1 aromatic carbocycles. The van der Waals surface area contributed by atoms with E-state index in [0.717, 1.165) is 18.4 Å². The fourth-order valence-corrected chi connectivity index (χ4v) is 3.78. The Morgan fingerprint density at radius 2 is 1.86 bits per heavy atom. The second-order valence-corrected chi connectivity index (χ2v) is 7.93. The highest BCUT2D eigenvalue weighted by Gasteiger charge is 2.26. The van der Waals surface area contributed by atoms with Crippen molar-refractivity contribution in [2.45, 2.75) is 52.0 Å². The summed E-state index contributed by atoms with van der Waals surface area (Å²) in [6.07, 6.45) is 7.29. The van der Waals surface area contributed by atoms with Crippen LogP contribution in [-0.2, 0) is 4.79 Å². The fourth-order valence-electron chi connectivity index (χ4n) is 3.78. The standard InChI is InChI=1S/C23H29N3O3/c1-16(2)19-9-7-18(8-10-19)5-4-6-22(27)25-13-11-20(12-14-25)26-17(3)21(15-24-26)23(28)29/h4-5,7-10,15-16,20H,6,11-14H2,1-3H3,(H,28,29)/b5-4+. The minimum absolute atomic E-state index is 0.127. The Bertz CT molecular complexity index is 889. The van der Waals surface area contributed by atoms with Gasteiger partial charge in [-0.3, -0.25) is 9.48 Å². The molecule has 0 atom stereocenters. The molecule has 6 heteroatoms. The van der Waals surface area contributed by atoms with Gasteiger partial charge in [0.2, 0.25) is 5.91 Å². The quantitative estimate of drug-likeness (QED) is 0.792. The molecule has 154 valence electrons. The van der Waals surface area contributed by atoms with Gasteiger partial charge in [-0.15, -0.1) is 0 Å². The number of aromatic nitrogens is 2. The van der Waals surface area contributed by atoms with Gasteiger partial charge >= 0.3 is 5.97 Å². The van der Waals surface area contributed by atoms with Crippen LogP contribution >= 0.6 is 0 Å². The van der Waals surface area contributed by atoms with E-state index in [0.29, 0.717) is 31.1 Å². The summed E-state index contributed by atoms with van der Waals surface area (Å²) in [4.78, 5) is 25.6. The maximum absolute atomic E-state index is 12.5. The predicted molar refractivity (Wildman–Crippen MR) is 113 cm³/mol. The number of carboxylic acids is 1. The lowest BCUT2D eigenvalue weighted by Crippen LogP contribution is -2.39. The van der Waals surface area contributed by atoms with E-state index in [1.165, 1.54) is 11.8 Å². The van der Waals surface area contributed by atoms with Gasteiger partial charge in [-0.05, 0) is 36.8 Å². The molecule has 0 saturated carbocycles. The highest BCUT2D eigenvalue weighted by Crippen LogP contribution is 2.25. The van der Waals surface area contributed by atoms with Crippen LogP contribution in [-0.4, -0.2) is 44.8 Å². The number of piperidine rings is 1. The van der Waals surface area contributed by atoms with Crippen molar-refractivity contribution >= 4 is 18.0 Å². The summed E-state index contributed by atoms with van der Waals surface area (Å²) in [6.45, 7) is 7.47. The minimum atomic E-state index is -0.952. The number of nitrogens with zero attached hydrogens (tertiary/aromatic N) is 3. The number of benzene rings is 1. The summed E-state index contributed by atoms with van der Waals surface area (Å²) in [5.41, 5.74) is 3.33. The van der Waals surface area contributed by atoms with Crippen LogP contribution in [0, 0.1) is 6.92 Å². The first-order valence-electron chi connectivity index (χ1n) is 10.2. The molecule has 29 heavy (non-hydrogen) atoms. The van der Waals surface area contributed by atoms with E-state index in [-0.39, 0.29) is 17.5 Å². The van der Waals surface area contributed by atoms with Crippen molar-refractivity contribution in [3.63, 3.8) is 0 Å². The van der Waals surface area contributed by atoms with Crippen molar-refractivity contribution in [1.82, 2.24) is 14.7 Å². The molecular formula is C23H29N3O3. The van der Waals surface area contributed by atoms with Crippen LogP contribution in [0.2, 0.25) is 0 Å². The van der Waals surface area contributed by atoms with E-state index >= 15 is 0 Å². The minimum Gasteiger partial charge on any atom is -0.478 e. The van der Waals surface area contributed by atoms with Gasteiger partial charge < -0.3 is 10.0 Å². The van der Waals surface area contributed by atoms with E-state index in [4.69, 9.17) is 0 Å². The Morgan fingerprint density at radius 3 is 2.41 bits per heavy atom. The zero-order valence-electron chi connectivity index (χ0n) is 17.3. The molecule has 1 aromatic heterocycles. The molecule has 1 N–H and O–H groups in total. The summed E-state index contributed by atoms with van der Waals surface area (Å²) in [5.74, 6) is -0.312. The predicted octanol–water partition coefficient (Wildman–Crippen LogP) is 4.28. The lowest BCUT2D eigenvalue weighted by molar-refractivity contribution is -0.131. The van der Waals surface area contributed by atoms with Crippen LogP contribution in [0.15, 0.2) is 36.5 Å². The zero-order valence-corrected chi connectivity index (χ0v) is 17.3. The van der Waals surface area contributed by atoms with E-state index in [1.54, 1.807) is 11.6 Å². The lowest BCUT2D eigenvalue weighted by Gasteiger charge is -2.32. The lowest BCUT2D eigenvalue weighted by atomic mass is 10.0. The first-order chi connectivity index (χ1) is 13.9. The van der Waals surface area contributed by atoms with Gasteiger partial charge in [0, 0.05) is 19.5 Å². The summed E-state index contributed by atoms with van der Waals surface area (Å²) in [7, 11) is 0. The highest BCUT2D eigenvalue weighted by molar-refractivity contribution is 5.88. The number of likely N-dealkylation sites (tertiary alicyclic amines) is 1. The van der Waals surface area contributed by atoms with Gasteiger partial charge in [-0.1, -0.05) is 50.3 Å². The Morgan fingerprint density at radius 1 is 1.21 bits per heavy atom. The van der Waals surface area contributed by atoms with Gasteiger partial charge in [0.05, 0.1) is 17.9 Å². The number of hydrogen-bond donors (Lipinski definition) is 1. The molecule has 0 bridgehead atoms. The third-order valence-corrected chi connectivity index (χ3v) is 5.64. The summed E-state index contributed by atoms with van der Waals surface area (Å²) >= 11 is 0. The Hall–Kier alpha value is -2.89. The molecule has 6 nitrogen and oxygen atoms in total. The van der Waals surface area contributed by atoms with Crippen molar-refractivity contribution in [3.8, 4) is 0 Å². The molecule has 0 radical (unpaired) electrons. The number of amides is 1. The molecule has 1 amide bonds. The molecule has 0 spiro atoms. The van der Waals surface area contributed by atoms with Gasteiger partial charge in [0.15, 0.2) is 0 Å². The van der Waals surface area contributed by atoms with E-state index in [1.807, 2.05) is 17.1 Å². The molecule has 1 aliphatic heterocycles. The summed E-state index contributed by atoms with van der Waals surface area (Å²) < 4.78 is 1.80. The van der Waals surface area contributed by atoms with Crippen molar-refractivity contribution in [2.75, 3.05) is 13.1 Å². The van der Waals surface area contributed by atoms with Crippen molar-refractivity contribution < 1.29 is 14.7 Å². The zero-order chi connectivity index (χ0) is 21.0. The molecular weight excluding hydrogens is 366 g/mol. The molecule has 0 aliphatic carbocycles. The smallest absolute Gasteiger partial charge is 0.339 e. The third kappa shape index (κ3) is 4.94. The maximum Gasteiger partial charge on any atom is 0.339 e. The second kappa shape index (κ2) is 9.07. The first kappa shape index (κ1) is 20.8. The average molecular weight is 396 g/mol. The SMILES string of the molecule is Cc1c(C(=O)O)cnn1C1CCN(C(=O)C/C=C/c2ccc(C(C)C)cc2)CC1. The topological polar surface area (TPSA) is 75.4 Å². The normalized spacial score (nSPS) is 15.4. The third-order valence-electron chi connectivity index (χ3n) is 5.64. The van der Waals surface area contributed by atoms with Crippen LogP contribution in [0.3, 0.4) is 0 Å². The van der Waals surface area contributed by atoms with Crippen LogP contribution in [0.25, 0.3) is 6.08 Å². The van der Waals surface area contributed by atoms with Gasteiger partial charge in [0.25, 0.3) is 0 Å². The van der Waals surface area contributed by atoms with E-state index in [2.05, 4.69) is 43.2 Å². The number of carbonyl (C=O) groups excluding carboxylic acids is 1. The number of carbonyl (C=O) groups is 2. The Kier molecular flexibility index (Phi) is 6.52. The van der Waals surface area contributed by atoms with E-state index < -0.39 is 5.97 Å². The van der Waals surface area contributed by atoms with Crippen LogP contribution in [0.4, 0.5) is 0 Å². The maximum atomic E-state index is 12.5. The Balaban J connectivity index is 1.50. The molecule has 1 fully saturated rings. The van der Waals surface area contributed by atoms with Gasteiger partial charge in [-0.25, -0.2) is 4.79 Å². The van der Waals surface area contributed by atoms with Crippen molar-refractivity contribution in [1.29, 1.82) is 0 Å². The number of hydrogen-bond acceptors (Lipinski definition) is 3. The average Bonchev–Trinajstić information content (AvgIpc) is 3.10. The number of aromatic carboxylic acids is 1. The monoisotopic (exact) mass is 395 g/mol. The number of rotatable bonds is 6. The molecule has 1 aliphatic rings. The number of carboxylic acid groups (broad SMARTS) is 1. The molecule has 1 saturated heterocycles.